The molecule has 2 unspecified atom stereocenters. The number of likely N-dealkylation sites (tertiary alicyclic amines) is 2. The van der Waals surface area contributed by atoms with Gasteiger partial charge < -0.3 is 25.1 Å². The molecule has 2 heterocycles. The quantitative estimate of drug-likeness (QED) is 0.122. The second kappa shape index (κ2) is 15.7. The zero-order valence-corrected chi connectivity index (χ0v) is 25.6. The number of carbonyl (C=O) groups is 3. The van der Waals surface area contributed by atoms with Crippen LogP contribution in [0.3, 0.4) is 0 Å². The number of hydrogen-bond donors (Lipinski definition) is 2. The fourth-order valence-corrected chi connectivity index (χ4v) is 6.32. The number of halogens is 3. The highest BCUT2D eigenvalue weighted by Gasteiger charge is 2.45. The summed E-state index contributed by atoms with van der Waals surface area (Å²) >= 11 is 0. The van der Waals surface area contributed by atoms with Gasteiger partial charge in [-0.1, -0.05) is 38.1 Å². The van der Waals surface area contributed by atoms with Crippen LogP contribution in [0.5, 0.6) is 5.75 Å². The second-order valence-electron chi connectivity index (χ2n) is 11.5. The Kier molecular flexibility index (Phi) is 12.4. The van der Waals surface area contributed by atoms with E-state index >= 15 is 0 Å². The molecular weight excluding hydrogens is 589 g/mol. The Morgan fingerprint density at radius 1 is 1.20 bits per heavy atom. The summed E-state index contributed by atoms with van der Waals surface area (Å²) in [5, 5.41) is 26.3. The fourth-order valence-electron chi connectivity index (χ4n) is 6.32. The molecule has 1 aromatic carbocycles. The molecule has 2 aliphatic heterocycles. The molecule has 2 saturated heterocycles. The second-order valence-corrected chi connectivity index (χ2v) is 11.5. The van der Waals surface area contributed by atoms with Gasteiger partial charge in [0, 0.05) is 49.4 Å². The third-order valence-electron chi connectivity index (χ3n) is 8.67. The molecule has 2 N–H and O–H groups in total. The highest BCUT2D eigenvalue weighted by Crippen LogP contribution is 2.41. The number of allylic oxidation sites excluding steroid dienone is 1. The van der Waals surface area contributed by atoms with Gasteiger partial charge in [-0.05, 0) is 57.1 Å². The van der Waals surface area contributed by atoms with Crippen molar-refractivity contribution in [2.45, 2.75) is 82.3 Å². The monoisotopic (exact) mass is 630 g/mol. The molecule has 2 fully saturated rings. The van der Waals surface area contributed by atoms with Crippen LogP contribution in [0, 0.1) is 22.7 Å². The van der Waals surface area contributed by atoms with Crippen molar-refractivity contribution in [1.82, 2.24) is 9.80 Å². The minimum atomic E-state index is -4.86. The van der Waals surface area contributed by atoms with Crippen LogP contribution in [-0.4, -0.2) is 77.4 Å². The fraction of sp³-hybridized carbons (Fsp3) is 0.545. The molecule has 1 aromatic rings. The van der Waals surface area contributed by atoms with E-state index in [0.717, 1.165) is 0 Å². The molecule has 0 saturated carbocycles. The van der Waals surface area contributed by atoms with Gasteiger partial charge in [0.05, 0.1) is 29.6 Å². The van der Waals surface area contributed by atoms with E-state index in [2.05, 4.69) is 12.6 Å². The van der Waals surface area contributed by atoms with Crippen molar-refractivity contribution >= 4 is 24.0 Å². The van der Waals surface area contributed by atoms with Crippen molar-refractivity contribution < 1.29 is 37.4 Å². The molecular formula is C33H41F3N4O5. The third-order valence-corrected chi connectivity index (χ3v) is 8.67. The summed E-state index contributed by atoms with van der Waals surface area (Å²) in [4.78, 5) is 41.1. The van der Waals surface area contributed by atoms with Crippen LogP contribution in [0.1, 0.15) is 70.3 Å². The van der Waals surface area contributed by atoms with Crippen LogP contribution in [0.2, 0.25) is 0 Å². The first-order valence-electron chi connectivity index (χ1n) is 15.3. The van der Waals surface area contributed by atoms with E-state index < -0.39 is 46.6 Å². The van der Waals surface area contributed by atoms with Gasteiger partial charge in [0.25, 0.3) is 5.91 Å². The summed E-state index contributed by atoms with van der Waals surface area (Å²) < 4.78 is 46.8. The number of carbonyl (C=O) groups excluding carboxylic acids is 2. The summed E-state index contributed by atoms with van der Waals surface area (Å²) in [5.74, 6) is -2.00. The van der Waals surface area contributed by atoms with Gasteiger partial charge in [0.2, 0.25) is 5.91 Å². The van der Waals surface area contributed by atoms with E-state index in [4.69, 9.17) is 15.3 Å². The van der Waals surface area contributed by atoms with Gasteiger partial charge in [-0.15, -0.1) is 0 Å². The number of hydrogen-bond acceptors (Lipinski definition) is 6. The molecule has 3 rings (SSSR count). The van der Waals surface area contributed by atoms with Crippen LogP contribution in [0.15, 0.2) is 48.1 Å². The predicted octanol–water partition coefficient (Wildman–Crippen LogP) is 5.81. The molecule has 0 bridgehead atoms. The number of benzene rings is 1. The Morgan fingerprint density at radius 3 is 2.49 bits per heavy atom. The molecule has 12 heteroatoms. The molecule has 0 radical (unpaired) electrons. The van der Waals surface area contributed by atoms with Crippen molar-refractivity contribution in [3.8, 4) is 11.8 Å². The van der Waals surface area contributed by atoms with Crippen molar-refractivity contribution in [3.05, 3.63) is 53.6 Å². The number of alkyl halides is 3. The number of para-hydroxylation sites is 1. The lowest BCUT2D eigenvalue weighted by Crippen LogP contribution is -2.55. The Hall–Kier alpha value is -4.14. The van der Waals surface area contributed by atoms with Crippen LogP contribution in [0.25, 0.3) is 0 Å². The largest absolute Gasteiger partial charge is 0.493 e. The number of aliphatic carboxylic acids is 1. The third kappa shape index (κ3) is 8.53. The average molecular weight is 631 g/mol. The van der Waals surface area contributed by atoms with Crippen molar-refractivity contribution in [2.24, 2.45) is 5.92 Å². The van der Waals surface area contributed by atoms with Gasteiger partial charge in [0.1, 0.15) is 5.75 Å². The zero-order chi connectivity index (χ0) is 33.2. The Labute approximate surface area is 261 Å². The van der Waals surface area contributed by atoms with Gasteiger partial charge in [-0.3, -0.25) is 14.4 Å². The summed E-state index contributed by atoms with van der Waals surface area (Å²) in [5.41, 5.74) is -2.22. The molecule has 9 nitrogen and oxygen atoms in total. The highest BCUT2D eigenvalue weighted by atomic mass is 19.4. The SMILES string of the molecule is C=C(C(=O)N1CCCC(C(=O)N2CCC(C#N)(c3ccccc3OCCCCC(=O)O)CC2)C1CCC)/C(=C\C=N)C(F)(F)F. The van der Waals surface area contributed by atoms with E-state index in [1.807, 2.05) is 19.1 Å². The first-order valence-corrected chi connectivity index (χ1v) is 15.3. The van der Waals surface area contributed by atoms with Gasteiger partial charge in [-0.2, -0.15) is 18.4 Å². The molecule has 2 atom stereocenters. The summed E-state index contributed by atoms with van der Waals surface area (Å²) in [6.07, 6.45) is -0.141. The molecule has 2 aliphatic rings. The smallest absolute Gasteiger partial charge is 0.417 e. The van der Waals surface area contributed by atoms with Crippen molar-refractivity contribution in [1.29, 1.82) is 10.7 Å². The normalized spacial score (nSPS) is 20.2. The number of unbranched alkanes of at least 4 members (excludes halogenated alkanes) is 1. The number of nitriles is 1. The maximum atomic E-state index is 13.9. The molecule has 0 aromatic heterocycles. The molecule has 0 aliphatic carbocycles. The van der Waals surface area contributed by atoms with Crippen LogP contribution in [-0.2, 0) is 19.8 Å². The zero-order valence-electron chi connectivity index (χ0n) is 25.6. The summed E-state index contributed by atoms with van der Waals surface area (Å²) in [6.45, 7) is 6.39. The Balaban J connectivity index is 1.75. The number of amides is 2. The number of carboxylic acid groups (broad SMARTS) is 1. The van der Waals surface area contributed by atoms with Gasteiger partial charge >= 0.3 is 12.1 Å². The van der Waals surface area contributed by atoms with E-state index in [-0.39, 0.29) is 32.0 Å². The lowest BCUT2D eigenvalue weighted by atomic mass is 9.73. The van der Waals surface area contributed by atoms with Crippen molar-refractivity contribution in [2.75, 3.05) is 26.2 Å². The van der Waals surface area contributed by atoms with Crippen LogP contribution >= 0.6 is 0 Å². The topological polar surface area (TPSA) is 135 Å². The minimum Gasteiger partial charge on any atom is -0.493 e. The number of rotatable bonds is 13. The maximum absolute atomic E-state index is 13.9. The molecule has 244 valence electrons. The number of carboxylic acids is 1. The van der Waals surface area contributed by atoms with Gasteiger partial charge in [0.15, 0.2) is 0 Å². The number of ether oxygens (including phenoxy) is 1. The lowest BCUT2D eigenvalue weighted by Gasteiger charge is -2.45. The summed E-state index contributed by atoms with van der Waals surface area (Å²) in [7, 11) is 0. The standard InChI is InChI=1S/C33H41F3N4O5/c1-3-9-27-24(10-8-18-40(27)30(43)23(2)25(14-17-37)33(34,35)36)31(44)39-19-15-32(22-38,16-20-39)26-11-4-5-12-28(26)45-21-7-6-13-29(41)42/h4-5,11-12,14,17,24,27,37H,2-3,6-10,13,15-16,18-21H2,1H3,(H,41,42)/b25-14+,37-17?. The first kappa shape index (κ1) is 35.3. The average Bonchev–Trinajstić information content (AvgIpc) is 3.02. The Morgan fingerprint density at radius 2 is 1.89 bits per heavy atom. The molecule has 0 spiro atoms. The minimum absolute atomic E-state index is 0.0498. The Bertz CT molecular complexity index is 1330. The van der Waals surface area contributed by atoms with E-state index in [1.54, 1.807) is 17.0 Å². The van der Waals surface area contributed by atoms with Crippen molar-refractivity contribution in [3.63, 3.8) is 0 Å². The predicted molar refractivity (Wildman–Crippen MR) is 162 cm³/mol. The highest BCUT2D eigenvalue weighted by molar-refractivity contribution is 5.99. The number of piperidine rings is 2. The summed E-state index contributed by atoms with van der Waals surface area (Å²) in [6, 6.07) is 9.09. The lowest BCUT2D eigenvalue weighted by molar-refractivity contribution is -0.145. The van der Waals surface area contributed by atoms with Gasteiger partial charge in [-0.25, -0.2) is 0 Å². The first-order chi connectivity index (χ1) is 21.4. The van der Waals surface area contributed by atoms with E-state index in [1.165, 1.54) is 4.90 Å². The molecule has 45 heavy (non-hydrogen) atoms. The van der Waals surface area contributed by atoms with E-state index in [9.17, 15) is 32.8 Å². The number of nitrogens with one attached hydrogen (secondary N) is 1. The van der Waals surface area contributed by atoms with Crippen LogP contribution in [0.4, 0.5) is 13.2 Å². The number of nitrogens with zero attached hydrogens (tertiary/aromatic N) is 3. The van der Waals surface area contributed by atoms with E-state index in [0.29, 0.717) is 81.6 Å². The maximum Gasteiger partial charge on any atom is 0.417 e. The molecule has 2 amide bonds. The van der Waals surface area contributed by atoms with Crippen LogP contribution < -0.4 is 4.74 Å².